The van der Waals surface area contributed by atoms with Crippen molar-refractivity contribution in [2.75, 3.05) is 31.6 Å². The summed E-state index contributed by atoms with van der Waals surface area (Å²) in [7, 11) is 0. The number of nitrogens with one attached hydrogen (secondary N) is 1. The standard InChI is InChI=1S/C17H25N5O/c1-2-5-13-10-17(22-16(19-13)6-7-18-22)20-14-11-23-12-15(14)21-8-3-4-9-21/h6-7,10,14-15,20H,2-5,8-9,11-12H2,1H3/t14-,15-/m0/s1. The number of fused-ring (bicyclic) bond motifs is 1. The largest absolute Gasteiger partial charge is 0.378 e. The number of aryl methyl sites for hydroxylation is 1. The maximum atomic E-state index is 5.78. The summed E-state index contributed by atoms with van der Waals surface area (Å²) in [5.74, 6) is 1.03. The van der Waals surface area contributed by atoms with Crippen LogP contribution >= 0.6 is 0 Å². The van der Waals surface area contributed by atoms with Gasteiger partial charge in [-0.05, 0) is 32.4 Å². The summed E-state index contributed by atoms with van der Waals surface area (Å²) in [4.78, 5) is 7.24. The Kier molecular flexibility index (Phi) is 4.18. The van der Waals surface area contributed by atoms with Gasteiger partial charge in [0.2, 0.25) is 0 Å². The van der Waals surface area contributed by atoms with E-state index in [4.69, 9.17) is 4.74 Å². The Morgan fingerprint density at radius 2 is 2.17 bits per heavy atom. The molecular formula is C17H25N5O. The maximum Gasteiger partial charge on any atom is 0.157 e. The Morgan fingerprint density at radius 3 is 3.00 bits per heavy atom. The SMILES string of the molecule is CCCc1cc(N[C@H]2COC[C@@H]2N2CCCC2)n2nccc2n1. The van der Waals surface area contributed by atoms with Crippen LogP contribution in [0.15, 0.2) is 18.3 Å². The second-order valence-electron chi connectivity index (χ2n) is 6.58. The molecule has 2 aliphatic heterocycles. The minimum Gasteiger partial charge on any atom is -0.378 e. The molecular weight excluding hydrogens is 290 g/mol. The van der Waals surface area contributed by atoms with Gasteiger partial charge in [-0.15, -0.1) is 0 Å². The van der Waals surface area contributed by atoms with E-state index in [1.165, 1.54) is 25.9 Å². The maximum absolute atomic E-state index is 5.78. The fraction of sp³-hybridized carbons (Fsp3) is 0.647. The van der Waals surface area contributed by atoms with Crippen LogP contribution < -0.4 is 5.32 Å². The molecule has 6 nitrogen and oxygen atoms in total. The van der Waals surface area contributed by atoms with E-state index in [0.29, 0.717) is 12.1 Å². The van der Waals surface area contributed by atoms with Crippen LogP contribution in [0.3, 0.4) is 0 Å². The van der Waals surface area contributed by atoms with E-state index in [1.54, 1.807) is 0 Å². The van der Waals surface area contributed by atoms with Crippen molar-refractivity contribution < 1.29 is 4.74 Å². The number of rotatable bonds is 5. The van der Waals surface area contributed by atoms with Gasteiger partial charge in [0.05, 0.1) is 31.5 Å². The molecule has 0 aromatic carbocycles. The predicted molar refractivity (Wildman–Crippen MR) is 89.8 cm³/mol. The summed E-state index contributed by atoms with van der Waals surface area (Å²) in [6, 6.07) is 4.89. The van der Waals surface area contributed by atoms with Gasteiger partial charge in [0.1, 0.15) is 5.82 Å². The van der Waals surface area contributed by atoms with Gasteiger partial charge in [-0.2, -0.15) is 9.61 Å². The molecule has 6 heteroatoms. The molecule has 2 fully saturated rings. The molecule has 1 N–H and O–H groups in total. The van der Waals surface area contributed by atoms with E-state index in [0.717, 1.165) is 43.2 Å². The minimum atomic E-state index is 0.317. The third-order valence-corrected chi connectivity index (χ3v) is 4.91. The van der Waals surface area contributed by atoms with Gasteiger partial charge in [0, 0.05) is 17.8 Å². The first kappa shape index (κ1) is 14.9. The molecule has 0 saturated carbocycles. The molecule has 0 spiro atoms. The lowest BCUT2D eigenvalue weighted by Gasteiger charge is -2.28. The molecule has 124 valence electrons. The fourth-order valence-corrected chi connectivity index (χ4v) is 3.76. The van der Waals surface area contributed by atoms with E-state index in [2.05, 4.69) is 33.3 Å². The summed E-state index contributed by atoms with van der Waals surface area (Å²) < 4.78 is 7.68. The third-order valence-electron chi connectivity index (χ3n) is 4.91. The quantitative estimate of drug-likeness (QED) is 0.914. The summed E-state index contributed by atoms with van der Waals surface area (Å²) in [5, 5.41) is 8.11. The highest BCUT2D eigenvalue weighted by Crippen LogP contribution is 2.23. The van der Waals surface area contributed by atoms with Gasteiger partial charge in [-0.3, -0.25) is 4.90 Å². The number of hydrogen-bond donors (Lipinski definition) is 1. The first-order valence-corrected chi connectivity index (χ1v) is 8.77. The average molecular weight is 315 g/mol. The summed E-state index contributed by atoms with van der Waals surface area (Å²) >= 11 is 0. The van der Waals surface area contributed by atoms with E-state index in [9.17, 15) is 0 Å². The molecule has 0 bridgehead atoms. The summed E-state index contributed by atoms with van der Waals surface area (Å²) in [6.45, 7) is 6.16. The van der Waals surface area contributed by atoms with Gasteiger partial charge in [-0.1, -0.05) is 13.3 Å². The third kappa shape index (κ3) is 2.93. The van der Waals surface area contributed by atoms with E-state index < -0.39 is 0 Å². The van der Waals surface area contributed by atoms with Gasteiger partial charge >= 0.3 is 0 Å². The highest BCUT2D eigenvalue weighted by Gasteiger charge is 2.34. The van der Waals surface area contributed by atoms with Gasteiger partial charge in [0.15, 0.2) is 5.65 Å². The summed E-state index contributed by atoms with van der Waals surface area (Å²) in [5.41, 5.74) is 2.04. The van der Waals surface area contributed by atoms with Crippen LogP contribution in [0.5, 0.6) is 0 Å². The Balaban J connectivity index is 1.59. The number of anilines is 1. The number of likely N-dealkylation sites (tertiary alicyclic amines) is 1. The first-order valence-electron chi connectivity index (χ1n) is 8.77. The van der Waals surface area contributed by atoms with Gasteiger partial charge < -0.3 is 10.1 Å². The zero-order valence-corrected chi connectivity index (χ0v) is 13.7. The van der Waals surface area contributed by atoms with Crippen LogP contribution in [0.2, 0.25) is 0 Å². The topological polar surface area (TPSA) is 54.7 Å². The number of aromatic nitrogens is 3. The Hall–Kier alpha value is -1.66. The lowest BCUT2D eigenvalue weighted by atomic mass is 10.1. The summed E-state index contributed by atoms with van der Waals surface area (Å²) in [6.07, 6.45) is 6.52. The van der Waals surface area contributed by atoms with E-state index in [-0.39, 0.29) is 0 Å². The van der Waals surface area contributed by atoms with Crippen molar-refractivity contribution in [1.29, 1.82) is 0 Å². The van der Waals surface area contributed by atoms with Crippen LogP contribution in [-0.2, 0) is 11.2 Å². The second-order valence-corrected chi connectivity index (χ2v) is 6.58. The van der Waals surface area contributed by atoms with Gasteiger partial charge in [-0.25, -0.2) is 4.98 Å². The fourth-order valence-electron chi connectivity index (χ4n) is 3.76. The number of ether oxygens (including phenoxy) is 1. The Labute approximate surface area is 136 Å². The van der Waals surface area contributed by atoms with E-state index in [1.807, 2.05) is 16.8 Å². The highest BCUT2D eigenvalue weighted by atomic mass is 16.5. The van der Waals surface area contributed by atoms with Crippen LogP contribution in [-0.4, -0.2) is 57.9 Å². The van der Waals surface area contributed by atoms with Crippen LogP contribution in [0.1, 0.15) is 31.9 Å². The molecule has 0 aliphatic carbocycles. The Morgan fingerprint density at radius 1 is 1.30 bits per heavy atom. The van der Waals surface area contributed by atoms with Crippen molar-refractivity contribution in [1.82, 2.24) is 19.5 Å². The molecule has 0 radical (unpaired) electrons. The minimum absolute atomic E-state index is 0.317. The van der Waals surface area contributed by atoms with Crippen LogP contribution in [0, 0.1) is 0 Å². The normalized spacial score (nSPS) is 25.4. The van der Waals surface area contributed by atoms with Crippen molar-refractivity contribution in [3.63, 3.8) is 0 Å². The second kappa shape index (κ2) is 6.45. The molecule has 2 atom stereocenters. The highest BCUT2D eigenvalue weighted by molar-refractivity contribution is 5.50. The molecule has 2 saturated heterocycles. The molecule has 4 heterocycles. The van der Waals surface area contributed by atoms with Crippen molar-refractivity contribution >= 4 is 11.5 Å². The molecule has 2 aromatic heterocycles. The number of nitrogens with zero attached hydrogens (tertiary/aromatic N) is 4. The molecule has 0 unspecified atom stereocenters. The predicted octanol–water partition coefficient (Wildman–Crippen LogP) is 1.96. The Bertz CT molecular complexity index is 664. The lowest BCUT2D eigenvalue weighted by Crippen LogP contribution is -2.45. The lowest BCUT2D eigenvalue weighted by molar-refractivity contribution is 0.159. The number of hydrogen-bond acceptors (Lipinski definition) is 5. The molecule has 2 aromatic rings. The first-order chi connectivity index (χ1) is 11.3. The smallest absolute Gasteiger partial charge is 0.157 e. The molecule has 2 aliphatic rings. The van der Waals surface area contributed by atoms with Crippen LogP contribution in [0.4, 0.5) is 5.82 Å². The van der Waals surface area contributed by atoms with Crippen molar-refractivity contribution in [3.8, 4) is 0 Å². The molecule has 4 rings (SSSR count). The van der Waals surface area contributed by atoms with Gasteiger partial charge in [0.25, 0.3) is 0 Å². The zero-order valence-electron chi connectivity index (χ0n) is 13.7. The van der Waals surface area contributed by atoms with Crippen molar-refractivity contribution in [3.05, 3.63) is 24.0 Å². The van der Waals surface area contributed by atoms with Crippen LogP contribution in [0.25, 0.3) is 5.65 Å². The van der Waals surface area contributed by atoms with Crippen molar-refractivity contribution in [2.24, 2.45) is 0 Å². The molecule has 0 amide bonds. The zero-order chi connectivity index (χ0) is 15.6. The average Bonchev–Trinajstić information content (AvgIpc) is 3.28. The van der Waals surface area contributed by atoms with Crippen molar-refractivity contribution in [2.45, 2.75) is 44.7 Å². The monoisotopic (exact) mass is 315 g/mol. The molecule has 23 heavy (non-hydrogen) atoms. The van der Waals surface area contributed by atoms with E-state index >= 15 is 0 Å².